The van der Waals surface area contributed by atoms with Crippen molar-refractivity contribution >= 4 is 34.6 Å². The minimum Gasteiger partial charge on any atom is -0.465 e. The molecule has 1 heterocycles. The molecule has 0 aliphatic carbocycles. The van der Waals surface area contributed by atoms with Gasteiger partial charge < -0.3 is 24.7 Å². The number of carbonyl (C=O) groups is 3. The van der Waals surface area contributed by atoms with Crippen LogP contribution in [0, 0.1) is 6.92 Å². The molecule has 0 spiro atoms. The number of hydrogen-bond acceptors (Lipinski definition) is 5. The molecule has 3 aromatic rings. The number of urea groups is 1. The minimum absolute atomic E-state index is 0.00173. The van der Waals surface area contributed by atoms with Crippen LogP contribution in [0.3, 0.4) is 0 Å². The first-order valence-corrected chi connectivity index (χ1v) is 12.1. The van der Waals surface area contributed by atoms with Crippen molar-refractivity contribution in [2.24, 2.45) is 0 Å². The first-order valence-electron chi connectivity index (χ1n) is 12.1. The summed E-state index contributed by atoms with van der Waals surface area (Å²) in [7, 11) is 0. The van der Waals surface area contributed by atoms with Gasteiger partial charge in [-0.2, -0.15) is 0 Å². The van der Waals surface area contributed by atoms with Crippen molar-refractivity contribution in [2.75, 3.05) is 25.1 Å². The Morgan fingerprint density at radius 1 is 0.972 bits per heavy atom. The number of aromatic nitrogens is 1. The van der Waals surface area contributed by atoms with E-state index in [2.05, 4.69) is 31.1 Å². The van der Waals surface area contributed by atoms with Gasteiger partial charge in [0.2, 0.25) is 0 Å². The van der Waals surface area contributed by atoms with Gasteiger partial charge in [-0.25, -0.2) is 9.59 Å². The van der Waals surface area contributed by atoms with E-state index >= 15 is 0 Å². The van der Waals surface area contributed by atoms with E-state index in [0.717, 1.165) is 22.0 Å². The Kier molecular flexibility index (Phi) is 8.40. The van der Waals surface area contributed by atoms with E-state index in [0.29, 0.717) is 11.3 Å². The molecular weight excluding hydrogens is 458 g/mol. The van der Waals surface area contributed by atoms with Crippen molar-refractivity contribution in [1.82, 2.24) is 9.88 Å². The summed E-state index contributed by atoms with van der Waals surface area (Å²) in [5.41, 5.74) is 4.19. The van der Waals surface area contributed by atoms with Crippen LogP contribution in [0.4, 0.5) is 10.5 Å². The molecule has 3 rings (SSSR count). The molecule has 0 bridgehead atoms. The summed E-state index contributed by atoms with van der Waals surface area (Å²) in [6, 6.07) is 12.8. The van der Waals surface area contributed by atoms with Gasteiger partial charge in [0.25, 0.3) is 0 Å². The Hall–Kier alpha value is -3.81. The highest BCUT2D eigenvalue weighted by Crippen LogP contribution is 2.31. The number of aromatic amines is 1. The summed E-state index contributed by atoms with van der Waals surface area (Å²) >= 11 is 0. The van der Waals surface area contributed by atoms with E-state index in [1.165, 1.54) is 4.90 Å². The van der Waals surface area contributed by atoms with Crippen LogP contribution in [0.15, 0.2) is 42.5 Å². The maximum Gasteiger partial charge on any atom is 0.355 e. The van der Waals surface area contributed by atoms with Crippen LogP contribution >= 0.6 is 0 Å². The minimum atomic E-state index is -0.538. The van der Waals surface area contributed by atoms with Gasteiger partial charge in [-0.05, 0) is 56.0 Å². The van der Waals surface area contributed by atoms with Crippen molar-refractivity contribution in [3.8, 4) is 0 Å². The number of ether oxygens (including phenoxy) is 2. The van der Waals surface area contributed by atoms with Gasteiger partial charge >= 0.3 is 18.0 Å². The third-order valence-electron chi connectivity index (χ3n) is 5.82. The molecule has 0 aliphatic heterocycles. The molecule has 0 radical (unpaired) electrons. The number of nitrogens with one attached hydrogen (secondary N) is 2. The largest absolute Gasteiger partial charge is 0.465 e. The number of carbonyl (C=O) groups excluding carboxylic acids is 3. The van der Waals surface area contributed by atoms with Gasteiger partial charge in [0.15, 0.2) is 0 Å². The monoisotopic (exact) mass is 493 g/mol. The number of rotatable bonds is 8. The lowest BCUT2D eigenvalue weighted by molar-refractivity contribution is -0.143. The smallest absolute Gasteiger partial charge is 0.355 e. The van der Waals surface area contributed by atoms with Crippen LogP contribution in [0.5, 0.6) is 0 Å². The van der Waals surface area contributed by atoms with Crippen LogP contribution < -0.4 is 5.32 Å². The molecule has 0 aliphatic rings. The molecule has 2 amide bonds. The summed E-state index contributed by atoms with van der Waals surface area (Å²) in [5.74, 6) is -1.06. The zero-order valence-electron chi connectivity index (χ0n) is 21.9. The van der Waals surface area contributed by atoms with E-state index in [1.807, 2.05) is 37.3 Å². The molecule has 1 aromatic heterocycles. The summed E-state index contributed by atoms with van der Waals surface area (Å²) < 4.78 is 10.4. The molecule has 2 aromatic carbocycles. The Balaban J connectivity index is 2.05. The van der Waals surface area contributed by atoms with E-state index in [-0.39, 0.29) is 37.4 Å². The zero-order chi connectivity index (χ0) is 26.5. The van der Waals surface area contributed by atoms with Crippen LogP contribution in [0.1, 0.15) is 61.8 Å². The molecular formula is C28H35N3O5. The molecule has 8 nitrogen and oxygen atoms in total. The normalized spacial score (nSPS) is 11.3. The Labute approximate surface area is 212 Å². The first kappa shape index (κ1) is 26.8. The number of amides is 2. The topological polar surface area (TPSA) is 101 Å². The third-order valence-corrected chi connectivity index (χ3v) is 5.82. The Morgan fingerprint density at radius 3 is 2.25 bits per heavy atom. The van der Waals surface area contributed by atoms with Gasteiger partial charge in [-0.3, -0.25) is 4.79 Å². The maximum absolute atomic E-state index is 13.3. The number of esters is 2. The molecule has 0 atom stereocenters. The number of benzene rings is 2. The molecule has 2 N–H and O–H groups in total. The van der Waals surface area contributed by atoms with Crippen LogP contribution in [0.2, 0.25) is 0 Å². The van der Waals surface area contributed by atoms with Gasteiger partial charge in [0.05, 0.1) is 19.8 Å². The molecule has 0 saturated heterocycles. The molecule has 8 heteroatoms. The Morgan fingerprint density at radius 2 is 1.64 bits per heavy atom. The number of fused-ring (bicyclic) bond motifs is 1. The molecule has 36 heavy (non-hydrogen) atoms. The number of nitrogens with zero attached hydrogens (tertiary/aromatic N) is 1. The average Bonchev–Trinajstić information content (AvgIpc) is 3.17. The fraction of sp³-hybridized carbons (Fsp3) is 0.393. The molecule has 192 valence electrons. The van der Waals surface area contributed by atoms with E-state index in [1.54, 1.807) is 26.0 Å². The highest BCUT2D eigenvalue weighted by Gasteiger charge is 2.26. The zero-order valence-corrected chi connectivity index (χ0v) is 21.9. The lowest BCUT2D eigenvalue weighted by Crippen LogP contribution is -2.39. The lowest BCUT2D eigenvalue weighted by Gasteiger charge is -2.23. The quantitative estimate of drug-likeness (QED) is 0.401. The summed E-state index contributed by atoms with van der Waals surface area (Å²) in [4.78, 5) is 43.1. The van der Waals surface area contributed by atoms with Gasteiger partial charge in [0.1, 0.15) is 12.2 Å². The Bertz CT molecular complexity index is 1240. The highest BCUT2D eigenvalue weighted by molar-refractivity contribution is 5.99. The van der Waals surface area contributed by atoms with Crippen molar-refractivity contribution in [1.29, 1.82) is 0 Å². The van der Waals surface area contributed by atoms with Gasteiger partial charge in [0, 0.05) is 22.2 Å². The van der Waals surface area contributed by atoms with E-state index in [4.69, 9.17) is 9.47 Å². The van der Waals surface area contributed by atoms with Crippen molar-refractivity contribution in [2.45, 2.75) is 53.5 Å². The van der Waals surface area contributed by atoms with Crippen LogP contribution in [-0.2, 0) is 26.2 Å². The second-order valence-electron chi connectivity index (χ2n) is 9.67. The first-order chi connectivity index (χ1) is 17.0. The van der Waals surface area contributed by atoms with Crippen molar-refractivity contribution in [3.05, 3.63) is 64.8 Å². The van der Waals surface area contributed by atoms with Crippen LogP contribution in [0.25, 0.3) is 10.9 Å². The molecule has 0 fully saturated rings. The highest BCUT2D eigenvalue weighted by atomic mass is 16.5. The predicted octanol–water partition coefficient (Wildman–Crippen LogP) is 5.55. The summed E-state index contributed by atoms with van der Waals surface area (Å²) in [6.45, 7) is 11.8. The number of hydrogen-bond donors (Lipinski definition) is 2. The number of anilines is 1. The maximum atomic E-state index is 13.3. The third kappa shape index (κ3) is 6.44. The average molecular weight is 494 g/mol. The van der Waals surface area contributed by atoms with Crippen molar-refractivity contribution in [3.63, 3.8) is 0 Å². The SMILES string of the molecule is CCOC(=O)CN(Cc1c(C(=O)OCC)[nH]c2ccc(C(C)(C)C)cc12)C(=O)Nc1ccc(C)cc1. The predicted molar refractivity (Wildman–Crippen MR) is 140 cm³/mol. The van der Waals surface area contributed by atoms with Crippen molar-refractivity contribution < 1.29 is 23.9 Å². The fourth-order valence-electron chi connectivity index (χ4n) is 3.85. The van der Waals surface area contributed by atoms with E-state index < -0.39 is 18.0 Å². The second kappa shape index (κ2) is 11.3. The number of aryl methyl sites for hydroxylation is 1. The fourth-order valence-corrected chi connectivity index (χ4v) is 3.85. The molecule has 0 saturated carbocycles. The lowest BCUT2D eigenvalue weighted by atomic mass is 9.86. The summed E-state index contributed by atoms with van der Waals surface area (Å²) in [5, 5.41) is 3.63. The second-order valence-corrected chi connectivity index (χ2v) is 9.67. The molecule has 0 unspecified atom stereocenters. The van der Waals surface area contributed by atoms with Gasteiger partial charge in [-0.15, -0.1) is 0 Å². The summed E-state index contributed by atoms with van der Waals surface area (Å²) in [6.07, 6.45) is 0. The number of H-pyrrole nitrogens is 1. The van der Waals surface area contributed by atoms with Gasteiger partial charge in [-0.1, -0.05) is 44.5 Å². The van der Waals surface area contributed by atoms with Crippen LogP contribution in [-0.4, -0.2) is 47.6 Å². The standard InChI is InChI=1S/C28H35N3O5/c1-7-35-24(32)17-31(27(34)29-20-12-9-18(3)10-13-20)16-22-21-15-19(28(4,5)6)11-14-23(21)30-25(22)26(33)36-8-2/h9-15,30H,7-8,16-17H2,1-6H3,(H,29,34). The van der Waals surface area contributed by atoms with E-state index in [9.17, 15) is 14.4 Å².